The molecule has 76 valence electrons. The lowest BCUT2D eigenvalue weighted by Gasteiger charge is -2.16. The van der Waals surface area contributed by atoms with Crippen molar-refractivity contribution in [3.8, 4) is 0 Å². The van der Waals surface area contributed by atoms with Crippen LogP contribution in [0.3, 0.4) is 0 Å². The highest BCUT2D eigenvalue weighted by molar-refractivity contribution is 5.94. The molecule has 0 aliphatic heterocycles. The summed E-state index contributed by atoms with van der Waals surface area (Å²) in [5, 5.41) is 0. The highest BCUT2D eigenvalue weighted by atomic mass is 16.1. The summed E-state index contributed by atoms with van der Waals surface area (Å²) in [4.78, 5) is 11.2. The number of ketones is 1. The Labute approximate surface area is 86.1 Å². The van der Waals surface area contributed by atoms with Crippen molar-refractivity contribution >= 4 is 5.78 Å². The maximum atomic E-state index is 11.2. The topological polar surface area (TPSA) is 17.1 Å². The molecule has 0 spiro atoms. The molecule has 0 fully saturated rings. The van der Waals surface area contributed by atoms with Crippen LogP contribution in [-0.2, 0) is 0 Å². The number of benzene rings is 1. The van der Waals surface area contributed by atoms with E-state index in [-0.39, 0.29) is 5.78 Å². The fraction of sp³-hybridized carbons (Fsp3) is 0.462. The molecule has 0 N–H and O–H groups in total. The van der Waals surface area contributed by atoms with Crippen LogP contribution >= 0.6 is 0 Å². The van der Waals surface area contributed by atoms with E-state index in [1.165, 1.54) is 5.56 Å². The summed E-state index contributed by atoms with van der Waals surface area (Å²) in [6.45, 7) is 8.21. The molecule has 1 rings (SSSR count). The molecule has 0 heterocycles. The van der Waals surface area contributed by atoms with Gasteiger partial charge in [0.15, 0.2) is 5.78 Å². The molecule has 0 saturated heterocycles. The Bertz CT molecular complexity index is 326. The lowest BCUT2D eigenvalue weighted by molar-refractivity contribution is 0.101. The summed E-state index contributed by atoms with van der Waals surface area (Å²) in [5.74, 6) is 1.26. The van der Waals surface area contributed by atoms with Gasteiger partial charge in [-0.1, -0.05) is 39.0 Å². The highest BCUT2D eigenvalue weighted by Gasteiger charge is 2.10. The van der Waals surface area contributed by atoms with Gasteiger partial charge in [-0.3, -0.25) is 4.79 Å². The van der Waals surface area contributed by atoms with Crippen LogP contribution in [0.2, 0.25) is 0 Å². The summed E-state index contributed by atoms with van der Waals surface area (Å²) in [5.41, 5.74) is 2.07. The molecule has 1 atom stereocenters. The Morgan fingerprint density at radius 3 is 2.36 bits per heavy atom. The number of carbonyl (C=O) groups excluding carboxylic acids is 1. The van der Waals surface area contributed by atoms with E-state index in [1.807, 2.05) is 18.2 Å². The van der Waals surface area contributed by atoms with Gasteiger partial charge in [0.1, 0.15) is 0 Å². The first-order valence-corrected chi connectivity index (χ1v) is 5.13. The number of rotatable bonds is 3. The third-order valence-corrected chi connectivity index (χ3v) is 2.82. The minimum Gasteiger partial charge on any atom is -0.295 e. The number of Topliss-reactive ketones (excluding diaryl/α,β-unsaturated/α-hetero) is 1. The van der Waals surface area contributed by atoms with Crippen molar-refractivity contribution in [2.24, 2.45) is 5.92 Å². The lowest BCUT2D eigenvalue weighted by Crippen LogP contribution is -2.03. The van der Waals surface area contributed by atoms with E-state index in [1.54, 1.807) is 6.92 Å². The zero-order chi connectivity index (χ0) is 10.7. The van der Waals surface area contributed by atoms with Gasteiger partial charge in [0, 0.05) is 5.56 Å². The maximum absolute atomic E-state index is 11.2. The predicted octanol–water partition coefficient (Wildman–Crippen LogP) is 3.65. The van der Waals surface area contributed by atoms with Gasteiger partial charge in [-0.05, 0) is 30.4 Å². The minimum atomic E-state index is 0.141. The molecule has 1 heteroatoms. The van der Waals surface area contributed by atoms with Crippen LogP contribution in [0.1, 0.15) is 49.5 Å². The first kappa shape index (κ1) is 11.0. The molecule has 1 nitrogen and oxygen atoms in total. The summed E-state index contributed by atoms with van der Waals surface area (Å²) in [6.07, 6.45) is 0. The average Bonchev–Trinajstić information content (AvgIpc) is 2.16. The van der Waals surface area contributed by atoms with Gasteiger partial charge in [0.2, 0.25) is 0 Å². The zero-order valence-electron chi connectivity index (χ0n) is 9.37. The van der Waals surface area contributed by atoms with Crippen LogP contribution < -0.4 is 0 Å². The molecule has 0 aromatic heterocycles. The quantitative estimate of drug-likeness (QED) is 0.665. The van der Waals surface area contributed by atoms with Crippen molar-refractivity contribution in [1.29, 1.82) is 0 Å². The van der Waals surface area contributed by atoms with E-state index in [0.717, 1.165) is 5.56 Å². The Balaban J connectivity index is 2.99. The van der Waals surface area contributed by atoms with Crippen molar-refractivity contribution in [2.45, 2.75) is 33.6 Å². The van der Waals surface area contributed by atoms with Crippen molar-refractivity contribution < 1.29 is 4.79 Å². The Morgan fingerprint density at radius 1 is 1.21 bits per heavy atom. The third-order valence-electron chi connectivity index (χ3n) is 2.82. The van der Waals surface area contributed by atoms with Gasteiger partial charge in [-0.25, -0.2) is 0 Å². The van der Waals surface area contributed by atoms with E-state index < -0.39 is 0 Å². The molecule has 0 amide bonds. The van der Waals surface area contributed by atoms with Crippen LogP contribution in [0, 0.1) is 5.92 Å². The fourth-order valence-corrected chi connectivity index (χ4v) is 1.43. The highest BCUT2D eigenvalue weighted by Crippen LogP contribution is 2.24. The number of hydrogen-bond acceptors (Lipinski definition) is 1. The SMILES string of the molecule is CC(=O)c1cccc(C(C)C(C)C)c1. The Kier molecular flexibility index (Phi) is 3.45. The summed E-state index contributed by atoms with van der Waals surface area (Å²) >= 11 is 0. The first-order chi connectivity index (χ1) is 6.52. The molecule has 0 radical (unpaired) electrons. The molecule has 1 aromatic carbocycles. The van der Waals surface area contributed by atoms with E-state index in [0.29, 0.717) is 11.8 Å². The Hall–Kier alpha value is -1.11. The second kappa shape index (κ2) is 4.41. The van der Waals surface area contributed by atoms with Crippen molar-refractivity contribution in [3.05, 3.63) is 35.4 Å². The van der Waals surface area contributed by atoms with Crippen molar-refractivity contribution in [3.63, 3.8) is 0 Å². The van der Waals surface area contributed by atoms with Gasteiger partial charge in [-0.15, -0.1) is 0 Å². The summed E-state index contributed by atoms with van der Waals surface area (Å²) in [7, 11) is 0. The number of hydrogen-bond donors (Lipinski definition) is 0. The molecule has 1 aromatic rings. The fourth-order valence-electron chi connectivity index (χ4n) is 1.43. The molecule has 0 aliphatic carbocycles. The first-order valence-electron chi connectivity index (χ1n) is 5.13. The summed E-state index contributed by atoms with van der Waals surface area (Å²) in [6, 6.07) is 7.94. The smallest absolute Gasteiger partial charge is 0.159 e. The van der Waals surface area contributed by atoms with Crippen LogP contribution in [0.25, 0.3) is 0 Å². The lowest BCUT2D eigenvalue weighted by atomic mass is 9.89. The Morgan fingerprint density at radius 2 is 1.86 bits per heavy atom. The van der Waals surface area contributed by atoms with Gasteiger partial charge < -0.3 is 0 Å². The maximum Gasteiger partial charge on any atom is 0.159 e. The van der Waals surface area contributed by atoms with E-state index in [2.05, 4.69) is 26.8 Å². The monoisotopic (exact) mass is 190 g/mol. The van der Waals surface area contributed by atoms with Crippen LogP contribution in [0.15, 0.2) is 24.3 Å². The van der Waals surface area contributed by atoms with Crippen molar-refractivity contribution in [2.75, 3.05) is 0 Å². The van der Waals surface area contributed by atoms with Crippen LogP contribution in [-0.4, -0.2) is 5.78 Å². The van der Waals surface area contributed by atoms with E-state index in [9.17, 15) is 4.79 Å². The van der Waals surface area contributed by atoms with Crippen LogP contribution in [0.5, 0.6) is 0 Å². The molecule has 0 bridgehead atoms. The molecular weight excluding hydrogens is 172 g/mol. The number of carbonyl (C=O) groups is 1. The normalized spacial score (nSPS) is 12.9. The van der Waals surface area contributed by atoms with Gasteiger partial charge in [0.05, 0.1) is 0 Å². The molecule has 14 heavy (non-hydrogen) atoms. The van der Waals surface area contributed by atoms with E-state index >= 15 is 0 Å². The van der Waals surface area contributed by atoms with Gasteiger partial charge in [0.25, 0.3) is 0 Å². The van der Waals surface area contributed by atoms with Gasteiger partial charge >= 0.3 is 0 Å². The minimum absolute atomic E-state index is 0.141. The molecular formula is C13H18O. The van der Waals surface area contributed by atoms with E-state index in [4.69, 9.17) is 0 Å². The molecule has 1 unspecified atom stereocenters. The molecule has 0 aliphatic rings. The van der Waals surface area contributed by atoms with Crippen LogP contribution in [0.4, 0.5) is 0 Å². The zero-order valence-corrected chi connectivity index (χ0v) is 9.37. The average molecular weight is 190 g/mol. The summed E-state index contributed by atoms with van der Waals surface area (Å²) < 4.78 is 0. The van der Waals surface area contributed by atoms with Crippen molar-refractivity contribution in [1.82, 2.24) is 0 Å². The molecule has 0 saturated carbocycles. The third kappa shape index (κ3) is 2.44. The standard InChI is InChI=1S/C13H18O/c1-9(2)10(3)12-6-5-7-13(8-12)11(4)14/h5-10H,1-4H3. The predicted molar refractivity (Wildman–Crippen MR) is 59.7 cm³/mol. The second-order valence-electron chi connectivity index (χ2n) is 4.21. The second-order valence-corrected chi connectivity index (χ2v) is 4.21. The largest absolute Gasteiger partial charge is 0.295 e. The van der Waals surface area contributed by atoms with Gasteiger partial charge in [-0.2, -0.15) is 0 Å².